The van der Waals surface area contributed by atoms with Crippen molar-refractivity contribution in [3.05, 3.63) is 41.5 Å². The number of hydrogen-bond acceptors (Lipinski definition) is 5. The van der Waals surface area contributed by atoms with E-state index in [9.17, 15) is 26.4 Å². The van der Waals surface area contributed by atoms with Gasteiger partial charge in [0.1, 0.15) is 12.1 Å². The van der Waals surface area contributed by atoms with Gasteiger partial charge in [-0.2, -0.15) is 13.2 Å². The number of furan rings is 1. The third-order valence-corrected chi connectivity index (χ3v) is 5.24. The maximum atomic E-state index is 12.8. The van der Waals surface area contributed by atoms with Crippen molar-refractivity contribution in [3.8, 4) is 0 Å². The highest BCUT2D eigenvalue weighted by Gasteiger charge is 2.33. The number of hydrogen-bond donors (Lipinski definition) is 0. The van der Waals surface area contributed by atoms with Gasteiger partial charge >= 0.3 is 6.18 Å². The van der Waals surface area contributed by atoms with Gasteiger partial charge in [-0.05, 0) is 37.3 Å². The quantitative estimate of drug-likeness (QED) is 0.786. The molecule has 0 aliphatic carbocycles. The minimum absolute atomic E-state index is 0.0236. The van der Waals surface area contributed by atoms with Gasteiger partial charge in [0.25, 0.3) is 9.84 Å². The maximum Gasteiger partial charge on any atom is 0.416 e. The Balaban J connectivity index is 2.16. The van der Waals surface area contributed by atoms with E-state index in [2.05, 4.69) is 4.99 Å². The van der Waals surface area contributed by atoms with Crippen LogP contribution in [0, 0.1) is 6.92 Å². The minimum Gasteiger partial charge on any atom is -0.444 e. The Labute approximate surface area is 134 Å². The predicted octanol–water partition coefficient (Wildman–Crippen LogP) is 3.07. The van der Waals surface area contributed by atoms with Crippen LogP contribution in [0.3, 0.4) is 0 Å². The number of aliphatic imine (C=N–C) groups is 1. The SMILES string of the molecule is Cc1c(S(=O)(=O)C2=NCC(=O)C=C2)oc2ccc(C(F)(F)F)cc12. The highest BCUT2D eigenvalue weighted by Crippen LogP contribution is 2.35. The summed E-state index contributed by atoms with van der Waals surface area (Å²) in [4.78, 5) is 14.8. The van der Waals surface area contributed by atoms with Crippen LogP contribution >= 0.6 is 0 Å². The van der Waals surface area contributed by atoms with Crippen LogP contribution in [0.5, 0.6) is 0 Å². The number of benzene rings is 1. The highest BCUT2D eigenvalue weighted by molar-refractivity contribution is 8.06. The fraction of sp³-hybridized carbons (Fsp3) is 0.200. The maximum absolute atomic E-state index is 12.8. The van der Waals surface area contributed by atoms with Crippen molar-refractivity contribution in [2.24, 2.45) is 4.99 Å². The largest absolute Gasteiger partial charge is 0.444 e. The summed E-state index contributed by atoms with van der Waals surface area (Å²) in [6.07, 6.45) is -2.41. The molecule has 2 aromatic rings. The molecule has 0 atom stereocenters. The molecule has 0 unspecified atom stereocenters. The first kappa shape index (κ1) is 16.4. The molecular formula is C15H10F3NO4S. The lowest BCUT2D eigenvalue weighted by Crippen LogP contribution is -2.18. The van der Waals surface area contributed by atoms with Gasteiger partial charge in [0.15, 0.2) is 10.8 Å². The molecule has 0 fully saturated rings. The topological polar surface area (TPSA) is 76.7 Å². The highest BCUT2D eigenvalue weighted by atomic mass is 32.2. The number of carbonyl (C=O) groups is 1. The van der Waals surface area contributed by atoms with E-state index in [0.29, 0.717) is 0 Å². The van der Waals surface area contributed by atoms with Gasteiger partial charge in [-0.25, -0.2) is 8.42 Å². The summed E-state index contributed by atoms with van der Waals surface area (Å²) in [7, 11) is -4.16. The summed E-state index contributed by atoms with van der Waals surface area (Å²) in [5, 5.41) is -0.783. The number of halogens is 3. The molecule has 2 heterocycles. The second-order valence-electron chi connectivity index (χ2n) is 5.18. The fourth-order valence-electron chi connectivity index (χ4n) is 2.33. The van der Waals surface area contributed by atoms with Gasteiger partial charge in [0, 0.05) is 10.9 Å². The van der Waals surface area contributed by atoms with Gasteiger partial charge in [-0.15, -0.1) is 0 Å². The van der Waals surface area contributed by atoms with E-state index in [1.807, 2.05) is 0 Å². The van der Waals surface area contributed by atoms with Gasteiger partial charge < -0.3 is 4.42 Å². The number of rotatable bonds is 1. The molecular weight excluding hydrogens is 347 g/mol. The van der Waals surface area contributed by atoms with E-state index in [0.717, 1.165) is 30.4 Å². The molecule has 9 heteroatoms. The van der Waals surface area contributed by atoms with Gasteiger partial charge in [-0.1, -0.05) is 0 Å². The van der Waals surface area contributed by atoms with Crippen molar-refractivity contribution in [1.82, 2.24) is 0 Å². The molecule has 1 aliphatic rings. The van der Waals surface area contributed by atoms with E-state index >= 15 is 0 Å². The second-order valence-corrected chi connectivity index (χ2v) is 6.98. The Kier molecular flexibility index (Phi) is 3.63. The molecule has 1 aromatic carbocycles. The monoisotopic (exact) mass is 357 g/mol. The Morgan fingerprint density at radius 1 is 1.21 bits per heavy atom. The van der Waals surface area contributed by atoms with Crippen LogP contribution in [-0.4, -0.2) is 25.8 Å². The number of ketones is 1. The molecule has 126 valence electrons. The zero-order valence-electron chi connectivity index (χ0n) is 12.2. The number of fused-ring (bicyclic) bond motifs is 1. The first-order valence-electron chi connectivity index (χ1n) is 6.71. The lowest BCUT2D eigenvalue weighted by atomic mass is 10.1. The van der Waals surface area contributed by atoms with E-state index in [4.69, 9.17) is 4.42 Å². The summed E-state index contributed by atoms with van der Waals surface area (Å²) in [5.41, 5.74) is -0.817. The molecule has 3 rings (SSSR count). The summed E-state index contributed by atoms with van der Waals surface area (Å²) < 4.78 is 68.8. The molecule has 24 heavy (non-hydrogen) atoms. The lowest BCUT2D eigenvalue weighted by Gasteiger charge is -2.06. The number of sulfone groups is 1. The lowest BCUT2D eigenvalue weighted by molar-refractivity contribution is -0.137. The molecule has 0 N–H and O–H groups in total. The molecule has 0 radical (unpaired) electrons. The summed E-state index contributed by atoms with van der Waals surface area (Å²) in [6, 6.07) is 2.74. The summed E-state index contributed by atoms with van der Waals surface area (Å²) >= 11 is 0. The van der Waals surface area contributed by atoms with E-state index in [-0.39, 0.29) is 33.9 Å². The molecule has 1 aliphatic heterocycles. The van der Waals surface area contributed by atoms with Crippen LogP contribution in [-0.2, 0) is 20.8 Å². The Hall–Kier alpha value is -2.42. The van der Waals surface area contributed by atoms with Crippen molar-refractivity contribution in [3.63, 3.8) is 0 Å². The number of nitrogens with zero attached hydrogens (tertiary/aromatic N) is 1. The predicted molar refractivity (Wildman–Crippen MR) is 79.6 cm³/mol. The molecule has 0 amide bonds. The first-order chi connectivity index (χ1) is 11.1. The Morgan fingerprint density at radius 3 is 2.50 bits per heavy atom. The van der Waals surface area contributed by atoms with Crippen molar-refractivity contribution >= 4 is 31.6 Å². The second kappa shape index (κ2) is 5.30. The van der Waals surface area contributed by atoms with Crippen LogP contribution < -0.4 is 0 Å². The van der Waals surface area contributed by atoms with Crippen LogP contribution in [0.2, 0.25) is 0 Å². The van der Waals surface area contributed by atoms with E-state index in [1.54, 1.807) is 0 Å². The van der Waals surface area contributed by atoms with Crippen LogP contribution in [0.15, 0.2) is 44.9 Å². The normalized spacial score (nSPS) is 15.8. The standard InChI is InChI=1S/C15H10F3NO4S/c1-8-11-6-9(15(16,17)18)2-4-12(11)23-14(8)24(21,22)13-5-3-10(20)7-19-13/h2-6H,7H2,1H3. The van der Waals surface area contributed by atoms with E-state index < -0.39 is 26.7 Å². The number of carbonyl (C=O) groups excluding carboxylic acids is 1. The average Bonchev–Trinajstić information content (AvgIpc) is 2.84. The summed E-state index contributed by atoms with van der Waals surface area (Å²) in [6.45, 7) is 1.06. The number of aryl methyl sites for hydroxylation is 1. The molecule has 0 saturated carbocycles. The average molecular weight is 357 g/mol. The van der Waals surface area contributed by atoms with E-state index in [1.165, 1.54) is 6.92 Å². The number of dihydropyridines is 1. The molecule has 1 aromatic heterocycles. The summed E-state index contributed by atoms with van der Waals surface area (Å²) in [5.74, 6) is -0.343. The number of alkyl halides is 3. The van der Waals surface area contributed by atoms with Gasteiger partial charge in [-0.3, -0.25) is 9.79 Å². The van der Waals surface area contributed by atoms with Gasteiger partial charge in [0.05, 0.1) is 5.56 Å². The van der Waals surface area contributed by atoms with Crippen molar-refractivity contribution in [2.75, 3.05) is 6.54 Å². The molecule has 0 spiro atoms. The van der Waals surface area contributed by atoms with Crippen molar-refractivity contribution in [1.29, 1.82) is 0 Å². The van der Waals surface area contributed by atoms with Crippen LogP contribution in [0.1, 0.15) is 11.1 Å². The first-order valence-corrected chi connectivity index (χ1v) is 8.20. The Morgan fingerprint density at radius 2 is 1.92 bits per heavy atom. The molecule has 0 saturated heterocycles. The molecule has 5 nitrogen and oxygen atoms in total. The van der Waals surface area contributed by atoms with Crippen LogP contribution in [0.4, 0.5) is 13.2 Å². The zero-order valence-corrected chi connectivity index (χ0v) is 13.0. The van der Waals surface area contributed by atoms with Gasteiger partial charge in [0.2, 0.25) is 5.09 Å². The zero-order chi connectivity index (χ0) is 17.7. The fourth-order valence-corrected chi connectivity index (χ4v) is 3.71. The van der Waals surface area contributed by atoms with Crippen molar-refractivity contribution < 1.29 is 30.8 Å². The van der Waals surface area contributed by atoms with Crippen molar-refractivity contribution in [2.45, 2.75) is 18.2 Å². The molecule has 0 bridgehead atoms. The van der Waals surface area contributed by atoms with Crippen LogP contribution in [0.25, 0.3) is 11.0 Å². The smallest absolute Gasteiger partial charge is 0.416 e. The third-order valence-electron chi connectivity index (χ3n) is 3.54. The minimum atomic E-state index is -4.55. The Bertz CT molecular complexity index is 1010. The third kappa shape index (κ3) is 2.64.